The van der Waals surface area contributed by atoms with E-state index < -0.39 is 11.7 Å². The molecule has 6 nitrogen and oxygen atoms in total. The first-order valence-electron chi connectivity index (χ1n) is 6.27. The van der Waals surface area contributed by atoms with Gasteiger partial charge >= 0.3 is 6.09 Å². The number of thioether (sulfide) groups is 1. The lowest BCUT2D eigenvalue weighted by atomic mass is 10.2. The Kier molecular flexibility index (Phi) is 5.89. The van der Waals surface area contributed by atoms with Gasteiger partial charge in [-0.1, -0.05) is 0 Å². The quantitative estimate of drug-likeness (QED) is 0.781. The van der Waals surface area contributed by atoms with Gasteiger partial charge in [0, 0.05) is 17.9 Å². The van der Waals surface area contributed by atoms with Gasteiger partial charge in [0.05, 0.1) is 12.6 Å². The number of rotatable bonds is 2. The fourth-order valence-electron chi connectivity index (χ4n) is 1.49. The van der Waals surface area contributed by atoms with Gasteiger partial charge in [0.1, 0.15) is 12.1 Å². The monoisotopic (exact) mass is 297 g/mol. The van der Waals surface area contributed by atoms with Crippen molar-refractivity contribution in [1.29, 1.82) is 5.26 Å². The highest BCUT2D eigenvalue weighted by Gasteiger charge is 2.25. The number of nitrogens with zero attached hydrogens (tertiary/aromatic N) is 2. The Morgan fingerprint density at radius 1 is 1.55 bits per heavy atom. The van der Waals surface area contributed by atoms with Crippen LogP contribution < -0.4 is 5.32 Å². The van der Waals surface area contributed by atoms with Crippen molar-refractivity contribution in [1.82, 2.24) is 10.2 Å². The van der Waals surface area contributed by atoms with Crippen molar-refractivity contribution in [2.45, 2.75) is 26.4 Å². The lowest BCUT2D eigenvalue weighted by molar-refractivity contribution is -0.117. The van der Waals surface area contributed by atoms with Crippen molar-refractivity contribution in [3.8, 4) is 6.07 Å². The second-order valence-electron chi connectivity index (χ2n) is 5.26. The van der Waals surface area contributed by atoms with Gasteiger partial charge in [0.15, 0.2) is 0 Å². The molecule has 0 spiro atoms. The maximum atomic E-state index is 12.0. The molecule has 2 amide bonds. The van der Waals surface area contributed by atoms with Crippen molar-refractivity contribution >= 4 is 23.8 Å². The smallest absolute Gasteiger partial charge is 0.410 e. The molecule has 0 atom stereocenters. The van der Waals surface area contributed by atoms with Crippen LogP contribution in [0.2, 0.25) is 0 Å². The van der Waals surface area contributed by atoms with Gasteiger partial charge in [0.2, 0.25) is 5.91 Å². The zero-order chi connectivity index (χ0) is 15.2. The van der Waals surface area contributed by atoms with Crippen molar-refractivity contribution in [3.05, 3.63) is 11.0 Å². The Labute approximate surface area is 123 Å². The minimum absolute atomic E-state index is 0.0483. The average Bonchev–Trinajstić information content (AvgIpc) is 2.59. The van der Waals surface area contributed by atoms with Crippen LogP contribution in [0.1, 0.15) is 20.8 Å². The normalized spacial score (nSPS) is 15.7. The van der Waals surface area contributed by atoms with E-state index >= 15 is 0 Å². The molecular formula is C13H19N3O3S. The van der Waals surface area contributed by atoms with Crippen LogP contribution in [0.25, 0.3) is 0 Å². The average molecular weight is 297 g/mol. The van der Waals surface area contributed by atoms with Gasteiger partial charge in [-0.25, -0.2) is 4.79 Å². The molecule has 0 fully saturated rings. The van der Waals surface area contributed by atoms with Gasteiger partial charge in [-0.3, -0.25) is 4.79 Å². The number of nitrogens with one attached hydrogen (secondary N) is 1. The molecule has 1 aliphatic rings. The molecule has 0 radical (unpaired) electrons. The first-order chi connectivity index (χ1) is 9.33. The Hall–Kier alpha value is -1.68. The van der Waals surface area contributed by atoms with Crippen molar-refractivity contribution in [3.63, 3.8) is 0 Å². The van der Waals surface area contributed by atoms with E-state index in [0.29, 0.717) is 17.9 Å². The number of hydrogen-bond donors (Lipinski definition) is 1. The Bertz CT molecular complexity index is 449. The fourth-order valence-corrected chi connectivity index (χ4v) is 2.31. The molecule has 20 heavy (non-hydrogen) atoms. The molecule has 0 aromatic heterocycles. The van der Waals surface area contributed by atoms with E-state index in [-0.39, 0.29) is 19.0 Å². The largest absolute Gasteiger partial charge is 0.444 e. The SMILES string of the molecule is CC(C)(C)OC(=O)N1CCSC=C(C(=O)NCC#N)C1. The fraction of sp³-hybridized carbons (Fsp3) is 0.615. The Balaban J connectivity index is 2.68. The third-order valence-corrected chi connectivity index (χ3v) is 3.21. The molecule has 0 aromatic rings. The van der Waals surface area contributed by atoms with Crippen LogP contribution in [0.15, 0.2) is 11.0 Å². The predicted molar refractivity (Wildman–Crippen MR) is 77.0 cm³/mol. The second-order valence-corrected chi connectivity index (χ2v) is 6.23. The van der Waals surface area contributed by atoms with E-state index in [1.807, 2.05) is 6.07 Å². The molecule has 7 heteroatoms. The number of ether oxygens (including phenoxy) is 1. The molecule has 0 aliphatic carbocycles. The number of carbonyl (C=O) groups excluding carboxylic acids is 2. The molecule has 0 aromatic carbocycles. The molecule has 0 saturated carbocycles. The summed E-state index contributed by atoms with van der Waals surface area (Å²) in [5.41, 5.74) is -0.0997. The summed E-state index contributed by atoms with van der Waals surface area (Å²) in [4.78, 5) is 25.4. The Morgan fingerprint density at radius 3 is 2.85 bits per heavy atom. The van der Waals surface area contributed by atoms with Crippen molar-refractivity contribution in [2.75, 3.05) is 25.4 Å². The molecule has 1 aliphatic heterocycles. The van der Waals surface area contributed by atoms with E-state index in [0.717, 1.165) is 0 Å². The first-order valence-corrected chi connectivity index (χ1v) is 7.32. The highest BCUT2D eigenvalue weighted by atomic mass is 32.2. The highest BCUT2D eigenvalue weighted by molar-refractivity contribution is 8.02. The maximum absolute atomic E-state index is 12.0. The van der Waals surface area contributed by atoms with Gasteiger partial charge < -0.3 is 15.0 Å². The Morgan fingerprint density at radius 2 is 2.25 bits per heavy atom. The minimum Gasteiger partial charge on any atom is -0.444 e. The summed E-state index contributed by atoms with van der Waals surface area (Å²) in [7, 11) is 0. The molecule has 0 bridgehead atoms. The van der Waals surface area contributed by atoms with Crippen LogP contribution in [0.5, 0.6) is 0 Å². The molecule has 1 N–H and O–H groups in total. The summed E-state index contributed by atoms with van der Waals surface area (Å²) in [5, 5.41) is 12.7. The molecule has 0 saturated heterocycles. The van der Waals surface area contributed by atoms with Gasteiger partial charge in [-0.15, -0.1) is 11.8 Å². The van der Waals surface area contributed by atoms with Gasteiger partial charge in [0.25, 0.3) is 0 Å². The van der Waals surface area contributed by atoms with Crippen LogP contribution in [0.4, 0.5) is 4.79 Å². The van der Waals surface area contributed by atoms with Crippen LogP contribution >= 0.6 is 11.8 Å². The molecule has 110 valence electrons. The van der Waals surface area contributed by atoms with E-state index in [2.05, 4.69) is 5.32 Å². The lowest BCUT2D eigenvalue weighted by Gasteiger charge is -2.26. The van der Waals surface area contributed by atoms with Crippen LogP contribution in [0, 0.1) is 11.3 Å². The zero-order valence-corrected chi connectivity index (χ0v) is 12.7. The maximum Gasteiger partial charge on any atom is 0.410 e. The minimum atomic E-state index is -0.566. The van der Waals surface area contributed by atoms with E-state index in [4.69, 9.17) is 10.00 Å². The number of nitriles is 1. The predicted octanol–water partition coefficient (Wildman–Crippen LogP) is 1.49. The summed E-state index contributed by atoms with van der Waals surface area (Å²) in [6.07, 6.45) is -0.431. The standard InChI is InChI=1S/C13H19N3O3S/c1-13(2,3)19-12(18)16-6-7-20-9-10(8-16)11(17)15-5-4-14/h9H,5-8H2,1-3H3,(H,15,17). The van der Waals surface area contributed by atoms with Gasteiger partial charge in [-0.05, 0) is 26.2 Å². The van der Waals surface area contributed by atoms with E-state index in [1.165, 1.54) is 16.7 Å². The second kappa shape index (κ2) is 7.20. The summed E-state index contributed by atoms with van der Waals surface area (Å²) in [5.74, 6) is 0.378. The summed E-state index contributed by atoms with van der Waals surface area (Å²) >= 11 is 1.47. The van der Waals surface area contributed by atoms with Gasteiger partial charge in [-0.2, -0.15) is 5.26 Å². The van der Waals surface area contributed by atoms with Crippen LogP contribution in [-0.4, -0.2) is 47.9 Å². The van der Waals surface area contributed by atoms with E-state index in [1.54, 1.807) is 26.2 Å². The number of hydrogen-bond acceptors (Lipinski definition) is 5. The first kappa shape index (κ1) is 16.4. The molecular weight excluding hydrogens is 278 g/mol. The lowest BCUT2D eigenvalue weighted by Crippen LogP contribution is -2.40. The van der Waals surface area contributed by atoms with Crippen LogP contribution in [-0.2, 0) is 9.53 Å². The molecule has 1 heterocycles. The number of amides is 2. The van der Waals surface area contributed by atoms with Crippen LogP contribution in [0.3, 0.4) is 0 Å². The summed E-state index contributed by atoms with van der Waals surface area (Å²) in [6.45, 7) is 6.06. The van der Waals surface area contributed by atoms with Crippen molar-refractivity contribution in [2.24, 2.45) is 0 Å². The highest BCUT2D eigenvalue weighted by Crippen LogP contribution is 2.17. The topological polar surface area (TPSA) is 82.4 Å². The summed E-state index contributed by atoms with van der Waals surface area (Å²) < 4.78 is 5.31. The summed E-state index contributed by atoms with van der Waals surface area (Å²) in [6, 6.07) is 1.85. The molecule has 1 rings (SSSR count). The zero-order valence-electron chi connectivity index (χ0n) is 11.9. The van der Waals surface area contributed by atoms with E-state index in [9.17, 15) is 9.59 Å². The third kappa shape index (κ3) is 5.53. The molecule has 0 unspecified atom stereocenters. The van der Waals surface area contributed by atoms with Crippen molar-refractivity contribution < 1.29 is 14.3 Å². The number of carbonyl (C=O) groups is 2. The third-order valence-electron chi connectivity index (χ3n) is 2.34.